The van der Waals surface area contributed by atoms with Crippen LogP contribution >= 0.6 is 7.92 Å². The van der Waals surface area contributed by atoms with Crippen LogP contribution in [-0.4, -0.2) is 0 Å². The van der Waals surface area contributed by atoms with Crippen molar-refractivity contribution < 1.29 is 4.74 Å². The molecule has 0 aromatic heterocycles. The number of nitrogens with one attached hydrogen (secondary N) is 1. The number of para-hydroxylation sites is 1. The molecule has 142 valence electrons. The maximum Gasteiger partial charge on any atom is 0.155 e. The van der Waals surface area contributed by atoms with Gasteiger partial charge in [-0.05, 0) is 29.9 Å². The van der Waals surface area contributed by atoms with E-state index in [1.54, 1.807) is 0 Å². The van der Waals surface area contributed by atoms with Crippen LogP contribution in [0.4, 0.5) is 5.69 Å². The fraction of sp³-hybridized carbons (Fsp3) is 0.0769. The summed E-state index contributed by atoms with van der Waals surface area (Å²) in [6.45, 7) is 0.622. The minimum atomic E-state index is -0.679. The van der Waals surface area contributed by atoms with Gasteiger partial charge >= 0.3 is 0 Å². The highest BCUT2D eigenvalue weighted by Crippen LogP contribution is 2.38. The van der Waals surface area contributed by atoms with Crippen molar-refractivity contribution in [3.05, 3.63) is 120 Å². The fourth-order valence-electron chi connectivity index (χ4n) is 3.80. The molecule has 1 aliphatic heterocycles. The van der Waals surface area contributed by atoms with E-state index < -0.39 is 7.92 Å². The molecule has 0 bridgehead atoms. The highest BCUT2D eigenvalue weighted by atomic mass is 31.1. The molecule has 1 aliphatic rings. The van der Waals surface area contributed by atoms with E-state index in [1.807, 2.05) is 0 Å². The lowest BCUT2D eigenvalue weighted by molar-refractivity contribution is 0.0513. The standard InChI is InChI=1S/C26H22NOP/c1-3-12-21(13-4-1)29(22-14-5-2-6-15-22)25-18-10-8-16-23(25)26-27-24-17-9-7-11-20(24)19-28-26/h1-18,26-27H,19H2. The van der Waals surface area contributed by atoms with E-state index in [9.17, 15) is 0 Å². The molecule has 29 heavy (non-hydrogen) atoms. The van der Waals surface area contributed by atoms with Crippen molar-refractivity contribution in [3.8, 4) is 0 Å². The van der Waals surface area contributed by atoms with Crippen LogP contribution in [0.5, 0.6) is 0 Å². The second-order valence-electron chi connectivity index (χ2n) is 7.06. The third-order valence-corrected chi connectivity index (χ3v) is 7.72. The Morgan fingerprint density at radius 1 is 0.655 bits per heavy atom. The highest BCUT2D eigenvalue weighted by Gasteiger charge is 2.26. The molecular formula is C26H22NOP. The van der Waals surface area contributed by atoms with Crippen LogP contribution in [0.2, 0.25) is 0 Å². The summed E-state index contributed by atoms with van der Waals surface area (Å²) in [6, 6.07) is 38.7. The Hall–Kier alpha value is -2.93. The van der Waals surface area contributed by atoms with Gasteiger partial charge in [0.2, 0.25) is 0 Å². The molecular weight excluding hydrogens is 373 g/mol. The second kappa shape index (κ2) is 8.21. The Morgan fingerprint density at radius 2 is 1.24 bits per heavy atom. The molecule has 0 fully saturated rings. The Bertz CT molecular complexity index is 1060. The quantitative estimate of drug-likeness (QED) is 0.486. The number of rotatable bonds is 4. The Morgan fingerprint density at radius 3 is 1.97 bits per heavy atom. The molecule has 0 amide bonds. The number of hydrogen-bond acceptors (Lipinski definition) is 2. The van der Waals surface area contributed by atoms with Crippen LogP contribution < -0.4 is 21.2 Å². The van der Waals surface area contributed by atoms with Crippen molar-refractivity contribution in [2.75, 3.05) is 5.32 Å². The van der Waals surface area contributed by atoms with Crippen molar-refractivity contribution >= 4 is 29.5 Å². The molecule has 1 heterocycles. The predicted molar refractivity (Wildman–Crippen MR) is 123 cm³/mol. The lowest BCUT2D eigenvalue weighted by atomic mass is 10.1. The van der Waals surface area contributed by atoms with E-state index in [4.69, 9.17) is 4.74 Å². The van der Waals surface area contributed by atoms with Gasteiger partial charge in [-0.15, -0.1) is 0 Å². The summed E-state index contributed by atoms with van der Waals surface area (Å²) < 4.78 is 6.25. The molecule has 0 saturated carbocycles. The number of benzene rings is 4. The third-order valence-electron chi connectivity index (χ3n) is 5.20. The van der Waals surface area contributed by atoms with Crippen LogP contribution in [0, 0.1) is 0 Å². The monoisotopic (exact) mass is 395 g/mol. The predicted octanol–water partition coefficient (Wildman–Crippen LogP) is 5.09. The first-order valence-corrected chi connectivity index (χ1v) is 11.2. The van der Waals surface area contributed by atoms with E-state index in [-0.39, 0.29) is 6.23 Å². The lowest BCUT2D eigenvalue weighted by Crippen LogP contribution is -2.29. The smallest absolute Gasteiger partial charge is 0.155 e. The number of hydrogen-bond donors (Lipinski definition) is 1. The number of fused-ring (bicyclic) bond motifs is 1. The molecule has 0 radical (unpaired) electrons. The largest absolute Gasteiger partial charge is 0.356 e. The second-order valence-corrected chi connectivity index (χ2v) is 9.24. The zero-order chi connectivity index (χ0) is 19.5. The van der Waals surface area contributed by atoms with Gasteiger partial charge < -0.3 is 10.1 Å². The first-order valence-electron chi connectivity index (χ1n) is 9.85. The lowest BCUT2D eigenvalue weighted by Gasteiger charge is -2.31. The van der Waals surface area contributed by atoms with Crippen LogP contribution in [0.25, 0.3) is 0 Å². The Balaban J connectivity index is 1.60. The maximum absolute atomic E-state index is 6.25. The number of anilines is 1. The zero-order valence-corrected chi connectivity index (χ0v) is 16.9. The van der Waals surface area contributed by atoms with E-state index in [2.05, 4.69) is 115 Å². The van der Waals surface area contributed by atoms with Gasteiger partial charge in [-0.1, -0.05) is 103 Å². The van der Waals surface area contributed by atoms with Gasteiger partial charge in [-0.2, -0.15) is 0 Å². The molecule has 5 rings (SSSR count). The molecule has 2 nitrogen and oxygen atoms in total. The first-order chi connectivity index (χ1) is 14.4. The van der Waals surface area contributed by atoms with Gasteiger partial charge in [-0.25, -0.2) is 0 Å². The average molecular weight is 395 g/mol. The summed E-state index contributed by atoms with van der Waals surface area (Å²) in [5.41, 5.74) is 3.57. The zero-order valence-electron chi connectivity index (χ0n) is 16.0. The molecule has 0 saturated heterocycles. The molecule has 0 aliphatic carbocycles. The van der Waals surface area contributed by atoms with Crippen molar-refractivity contribution in [1.82, 2.24) is 0 Å². The molecule has 1 N–H and O–H groups in total. The van der Waals surface area contributed by atoms with Gasteiger partial charge in [0.15, 0.2) is 6.23 Å². The summed E-state index contributed by atoms with van der Waals surface area (Å²) in [6.07, 6.45) is -0.154. The SMILES string of the molecule is c1ccc(P(c2ccccc2)c2ccccc2C2Nc3ccccc3CO2)cc1. The van der Waals surface area contributed by atoms with Crippen molar-refractivity contribution in [1.29, 1.82) is 0 Å². The van der Waals surface area contributed by atoms with E-state index in [1.165, 1.54) is 27.0 Å². The van der Waals surface area contributed by atoms with Gasteiger partial charge in [0, 0.05) is 16.8 Å². The van der Waals surface area contributed by atoms with Crippen LogP contribution in [0.1, 0.15) is 17.4 Å². The van der Waals surface area contributed by atoms with E-state index in [0.29, 0.717) is 6.61 Å². The molecule has 4 aromatic carbocycles. The maximum atomic E-state index is 6.25. The van der Waals surface area contributed by atoms with Crippen molar-refractivity contribution in [3.63, 3.8) is 0 Å². The van der Waals surface area contributed by atoms with Gasteiger partial charge in [0.1, 0.15) is 0 Å². The molecule has 4 aromatic rings. The topological polar surface area (TPSA) is 21.3 Å². The normalized spacial score (nSPS) is 15.6. The van der Waals surface area contributed by atoms with E-state index in [0.717, 1.165) is 5.69 Å². The molecule has 1 atom stereocenters. The highest BCUT2D eigenvalue weighted by molar-refractivity contribution is 7.79. The Kier molecular flexibility index (Phi) is 5.13. The van der Waals surface area contributed by atoms with Gasteiger partial charge in [-0.3, -0.25) is 0 Å². The minimum absolute atomic E-state index is 0.154. The summed E-state index contributed by atoms with van der Waals surface area (Å²) in [7, 11) is -0.679. The van der Waals surface area contributed by atoms with E-state index >= 15 is 0 Å². The fourth-order valence-corrected chi connectivity index (χ4v) is 6.28. The molecule has 1 unspecified atom stereocenters. The van der Waals surface area contributed by atoms with Crippen LogP contribution in [-0.2, 0) is 11.3 Å². The van der Waals surface area contributed by atoms with Crippen LogP contribution in [0.15, 0.2) is 109 Å². The summed E-state index contributed by atoms with van der Waals surface area (Å²) in [5, 5.41) is 7.62. The Labute approximate surface area is 172 Å². The van der Waals surface area contributed by atoms with Crippen LogP contribution in [0.3, 0.4) is 0 Å². The number of ether oxygens (including phenoxy) is 1. The van der Waals surface area contributed by atoms with Crippen molar-refractivity contribution in [2.24, 2.45) is 0 Å². The summed E-state index contributed by atoms with van der Waals surface area (Å²) in [4.78, 5) is 0. The third kappa shape index (κ3) is 3.70. The summed E-state index contributed by atoms with van der Waals surface area (Å²) in [5.74, 6) is 0. The molecule has 0 spiro atoms. The first kappa shape index (κ1) is 18.1. The van der Waals surface area contributed by atoms with Gasteiger partial charge in [0.05, 0.1) is 6.61 Å². The summed E-state index contributed by atoms with van der Waals surface area (Å²) >= 11 is 0. The van der Waals surface area contributed by atoms with Crippen molar-refractivity contribution in [2.45, 2.75) is 12.8 Å². The molecule has 3 heteroatoms. The minimum Gasteiger partial charge on any atom is -0.356 e. The average Bonchev–Trinajstić information content (AvgIpc) is 2.81. The van der Waals surface area contributed by atoms with Gasteiger partial charge in [0.25, 0.3) is 0 Å².